The Bertz CT molecular complexity index is 391. The van der Waals surface area contributed by atoms with Crippen molar-refractivity contribution in [3.8, 4) is 11.5 Å². The molecule has 3 nitrogen and oxygen atoms in total. The highest BCUT2D eigenvalue weighted by molar-refractivity contribution is 9.10. The van der Waals surface area contributed by atoms with Crippen LogP contribution in [0.1, 0.15) is 18.4 Å². The summed E-state index contributed by atoms with van der Waals surface area (Å²) in [6.45, 7) is 1.99. The summed E-state index contributed by atoms with van der Waals surface area (Å²) in [6.07, 6.45) is 2.76. The minimum absolute atomic E-state index is 0.749. The van der Waals surface area contributed by atoms with Gasteiger partial charge in [0, 0.05) is 6.54 Å². The molecule has 0 bridgehead atoms. The zero-order chi connectivity index (χ0) is 12.3. The first kappa shape index (κ1) is 12.7. The molecule has 1 aromatic carbocycles. The maximum Gasteiger partial charge on any atom is 0.174 e. The maximum absolute atomic E-state index is 5.31. The lowest BCUT2D eigenvalue weighted by atomic mass is 10.2. The van der Waals surface area contributed by atoms with Crippen molar-refractivity contribution in [1.29, 1.82) is 0 Å². The molecule has 0 atom stereocenters. The second-order valence-electron chi connectivity index (χ2n) is 4.39. The van der Waals surface area contributed by atoms with E-state index in [1.165, 1.54) is 18.4 Å². The number of hydrogen-bond donors (Lipinski definition) is 1. The number of halogens is 1. The van der Waals surface area contributed by atoms with E-state index in [9.17, 15) is 0 Å². The van der Waals surface area contributed by atoms with Crippen molar-refractivity contribution in [3.63, 3.8) is 0 Å². The standard InChI is InChI=1S/C13H18BrNO2/c1-16-12-6-10(5-11(14)13(12)17-2)8-15-7-9-3-4-9/h5-6,9,15H,3-4,7-8H2,1-2H3. The van der Waals surface area contributed by atoms with Gasteiger partial charge >= 0.3 is 0 Å². The Morgan fingerprint density at radius 3 is 2.65 bits per heavy atom. The van der Waals surface area contributed by atoms with Crippen LogP contribution in [0.3, 0.4) is 0 Å². The summed E-state index contributed by atoms with van der Waals surface area (Å²) >= 11 is 3.50. The Kier molecular flexibility index (Phi) is 4.29. The summed E-state index contributed by atoms with van der Waals surface area (Å²) in [7, 11) is 3.30. The Labute approximate surface area is 111 Å². The van der Waals surface area contributed by atoms with E-state index in [4.69, 9.17) is 9.47 Å². The van der Waals surface area contributed by atoms with Gasteiger partial charge in [0.1, 0.15) is 0 Å². The van der Waals surface area contributed by atoms with Gasteiger partial charge in [0.15, 0.2) is 11.5 Å². The number of hydrogen-bond acceptors (Lipinski definition) is 3. The van der Waals surface area contributed by atoms with E-state index in [-0.39, 0.29) is 0 Å². The van der Waals surface area contributed by atoms with Crippen LogP contribution in [0.25, 0.3) is 0 Å². The molecule has 0 heterocycles. The van der Waals surface area contributed by atoms with E-state index >= 15 is 0 Å². The highest BCUT2D eigenvalue weighted by Gasteiger charge is 2.20. The smallest absolute Gasteiger partial charge is 0.174 e. The Balaban J connectivity index is 2.03. The molecule has 1 aliphatic carbocycles. The molecule has 0 aromatic heterocycles. The van der Waals surface area contributed by atoms with Gasteiger partial charge in [-0.2, -0.15) is 0 Å². The molecule has 2 rings (SSSR count). The summed E-state index contributed by atoms with van der Waals surface area (Å²) in [5, 5.41) is 3.46. The number of methoxy groups -OCH3 is 2. The summed E-state index contributed by atoms with van der Waals surface area (Å²) in [4.78, 5) is 0. The third-order valence-corrected chi connectivity index (χ3v) is 3.54. The molecular weight excluding hydrogens is 282 g/mol. The van der Waals surface area contributed by atoms with Crippen LogP contribution in [-0.4, -0.2) is 20.8 Å². The van der Waals surface area contributed by atoms with Crippen LogP contribution < -0.4 is 14.8 Å². The molecule has 0 radical (unpaired) electrons. The number of nitrogens with one attached hydrogen (secondary N) is 1. The van der Waals surface area contributed by atoms with Gasteiger partial charge in [-0.25, -0.2) is 0 Å². The van der Waals surface area contributed by atoms with Gasteiger partial charge in [0.2, 0.25) is 0 Å². The number of rotatable bonds is 6. The predicted octanol–water partition coefficient (Wildman–Crippen LogP) is 2.97. The molecule has 0 saturated heterocycles. The Morgan fingerprint density at radius 2 is 2.06 bits per heavy atom. The highest BCUT2D eigenvalue weighted by atomic mass is 79.9. The third kappa shape index (κ3) is 3.36. The Morgan fingerprint density at radius 1 is 1.29 bits per heavy atom. The molecule has 1 fully saturated rings. The van der Waals surface area contributed by atoms with E-state index in [1.807, 2.05) is 6.07 Å². The minimum Gasteiger partial charge on any atom is -0.493 e. The van der Waals surface area contributed by atoms with Gasteiger partial charge in [0.05, 0.1) is 18.7 Å². The summed E-state index contributed by atoms with van der Waals surface area (Å²) in [6, 6.07) is 4.09. The van der Waals surface area contributed by atoms with Crippen molar-refractivity contribution >= 4 is 15.9 Å². The van der Waals surface area contributed by atoms with Gasteiger partial charge in [-0.05, 0) is 58.9 Å². The molecule has 1 aromatic rings. The van der Waals surface area contributed by atoms with E-state index in [1.54, 1.807) is 14.2 Å². The molecule has 94 valence electrons. The average Bonchev–Trinajstić information content (AvgIpc) is 3.12. The van der Waals surface area contributed by atoms with Gasteiger partial charge in [-0.3, -0.25) is 0 Å². The second kappa shape index (κ2) is 5.74. The highest BCUT2D eigenvalue weighted by Crippen LogP contribution is 2.36. The molecule has 0 amide bonds. The lowest BCUT2D eigenvalue weighted by Gasteiger charge is -2.12. The first-order chi connectivity index (χ1) is 8.24. The number of benzene rings is 1. The fraction of sp³-hybridized carbons (Fsp3) is 0.538. The lowest BCUT2D eigenvalue weighted by molar-refractivity contribution is 0.352. The molecular formula is C13H18BrNO2. The molecule has 1 aliphatic rings. The largest absolute Gasteiger partial charge is 0.493 e. The van der Waals surface area contributed by atoms with Crippen molar-refractivity contribution < 1.29 is 9.47 Å². The zero-order valence-electron chi connectivity index (χ0n) is 10.3. The monoisotopic (exact) mass is 299 g/mol. The van der Waals surface area contributed by atoms with Gasteiger partial charge < -0.3 is 14.8 Å². The molecule has 0 unspecified atom stereocenters. The van der Waals surface area contributed by atoms with Crippen LogP contribution in [-0.2, 0) is 6.54 Å². The topological polar surface area (TPSA) is 30.5 Å². The second-order valence-corrected chi connectivity index (χ2v) is 5.24. The van der Waals surface area contributed by atoms with Crippen molar-refractivity contribution in [2.75, 3.05) is 20.8 Å². The first-order valence-electron chi connectivity index (χ1n) is 5.85. The minimum atomic E-state index is 0.749. The van der Waals surface area contributed by atoms with Crippen LogP contribution in [0.4, 0.5) is 0 Å². The molecule has 1 saturated carbocycles. The number of ether oxygens (including phenoxy) is 2. The van der Waals surface area contributed by atoms with Crippen molar-refractivity contribution in [1.82, 2.24) is 5.32 Å². The first-order valence-corrected chi connectivity index (χ1v) is 6.65. The maximum atomic E-state index is 5.31. The van der Waals surface area contributed by atoms with Gasteiger partial charge in [0.25, 0.3) is 0 Å². The van der Waals surface area contributed by atoms with Crippen LogP contribution in [0, 0.1) is 5.92 Å². The van der Waals surface area contributed by atoms with Crippen LogP contribution in [0.5, 0.6) is 11.5 Å². The van der Waals surface area contributed by atoms with Gasteiger partial charge in [-0.1, -0.05) is 0 Å². The van der Waals surface area contributed by atoms with E-state index in [0.29, 0.717) is 0 Å². The zero-order valence-corrected chi connectivity index (χ0v) is 11.8. The molecule has 1 N–H and O–H groups in total. The third-order valence-electron chi connectivity index (χ3n) is 2.95. The van der Waals surface area contributed by atoms with Crippen molar-refractivity contribution in [2.24, 2.45) is 5.92 Å². The molecule has 0 spiro atoms. The predicted molar refractivity (Wildman–Crippen MR) is 71.7 cm³/mol. The van der Waals surface area contributed by atoms with Gasteiger partial charge in [-0.15, -0.1) is 0 Å². The molecule has 17 heavy (non-hydrogen) atoms. The summed E-state index contributed by atoms with van der Waals surface area (Å²) in [5.41, 5.74) is 1.20. The van der Waals surface area contributed by atoms with Crippen LogP contribution in [0.2, 0.25) is 0 Å². The molecule has 4 heteroatoms. The SMILES string of the molecule is COc1cc(CNCC2CC2)cc(Br)c1OC. The molecule has 0 aliphatic heterocycles. The average molecular weight is 300 g/mol. The van der Waals surface area contributed by atoms with E-state index in [2.05, 4.69) is 27.3 Å². The van der Waals surface area contributed by atoms with E-state index in [0.717, 1.165) is 35.0 Å². The fourth-order valence-electron chi connectivity index (χ4n) is 1.82. The van der Waals surface area contributed by atoms with Crippen LogP contribution >= 0.6 is 15.9 Å². The van der Waals surface area contributed by atoms with Crippen LogP contribution in [0.15, 0.2) is 16.6 Å². The lowest BCUT2D eigenvalue weighted by Crippen LogP contribution is -2.16. The summed E-state index contributed by atoms with van der Waals surface area (Å²) in [5.74, 6) is 2.42. The fourth-order valence-corrected chi connectivity index (χ4v) is 2.47. The quantitative estimate of drug-likeness (QED) is 0.876. The Hall–Kier alpha value is -0.740. The van der Waals surface area contributed by atoms with E-state index < -0.39 is 0 Å². The van der Waals surface area contributed by atoms with Crippen molar-refractivity contribution in [2.45, 2.75) is 19.4 Å². The summed E-state index contributed by atoms with van der Waals surface area (Å²) < 4.78 is 11.5. The normalized spacial score (nSPS) is 14.8. The van der Waals surface area contributed by atoms with Crippen molar-refractivity contribution in [3.05, 3.63) is 22.2 Å².